The normalized spacial score (nSPS) is 13.1. The molecule has 0 radical (unpaired) electrons. The molecular weight excluding hydrogens is 534 g/mol. The molecule has 37 heavy (non-hydrogen) atoms. The Bertz CT molecular complexity index is 1270. The third-order valence-electron chi connectivity index (χ3n) is 5.35. The van der Waals surface area contributed by atoms with Gasteiger partial charge in [0.2, 0.25) is 6.71 Å². The minimum Gasteiger partial charge on any atom is -0.207 e. The number of halogens is 13. The third-order valence-corrected chi connectivity index (χ3v) is 5.35. The summed E-state index contributed by atoms with van der Waals surface area (Å²) in [5, 5.41) is 0. The second-order valence-electron chi connectivity index (χ2n) is 8.11. The van der Waals surface area contributed by atoms with E-state index in [1.807, 2.05) is 0 Å². The van der Waals surface area contributed by atoms with Gasteiger partial charge in [-0.15, -0.1) is 0 Å². The molecule has 0 unspecified atom stereocenters. The lowest BCUT2D eigenvalue weighted by molar-refractivity contribution is -0.143. The first kappa shape index (κ1) is 28.4. The Morgan fingerprint density at radius 3 is 1.41 bits per heavy atom. The maximum Gasteiger partial charge on any atom is 0.419 e. The van der Waals surface area contributed by atoms with Crippen molar-refractivity contribution in [2.75, 3.05) is 0 Å². The second kappa shape index (κ2) is 9.28. The average molecular weight is 546 g/mol. The summed E-state index contributed by atoms with van der Waals surface area (Å²) in [6.07, 6.45) is -21.1. The van der Waals surface area contributed by atoms with Crippen LogP contribution in [-0.4, -0.2) is 6.71 Å². The van der Waals surface area contributed by atoms with Crippen molar-refractivity contribution in [2.24, 2.45) is 0 Å². The highest BCUT2D eigenvalue weighted by molar-refractivity contribution is 6.95. The van der Waals surface area contributed by atoms with Crippen LogP contribution >= 0.6 is 0 Å². The Kier molecular flexibility index (Phi) is 7.12. The fraction of sp³-hybridized carbons (Fsp3) is 0.217. The highest BCUT2D eigenvalue weighted by Crippen LogP contribution is 2.35. The van der Waals surface area contributed by atoms with Crippen molar-refractivity contribution in [1.29, 1.82) is 0 Å². The zero-order valence-corrected chi connectivity index (χ0v) is 18.2. The van der Waals surface area contributed by atoms with Crippen LogP contribution in [0.25, 0.3) is 0 Å². The standard InChI is InChI=1S/C23H12BF13/c1-11-5-12(20(26,27)28)8-15(6-11)24(18-4-2-3-17(19(18)25)23(35,36)37)16-9-13(21(29,30)31)7-14(10-16)22(32,33)34/h2-10H,1H3. The van der Waals surface area contributed by atoms with E-state index in [-0.39, 0.29) is 29.8 Å². The van der Waals surface area contributed by atoms with Gasteiger partial charge < -0.3 is 0 Å². The van der Waals surface area contributed by atoms with Crippen LogP contribution in [0, 0.1) is 12.7 Å². The molecule has 0 saturated heterocycles. The van der Waals surface area contributed by atoms with Gasteiger partial charge >= 0.3 is 24.7 Å². The Hall–Kier alpha value is -3.19. The Morgan fingerprint density at radius 1 is 0.541 bits per heavy atom. The summed E-state index contributed by atoms with van der Waals surface area (Å²) >= 11 is 0. The van der Waals surface area contributed by atoms with E-state index in [0.717, 1.165) is 13.0 Å². The number of hydrogen-bond acceptors (Lipinski definition) is 0. The summed E-state index contributed by atoms with van der Waals surface area (Å²) in [7, 11) is 0. The monoisotopic (exact) mass is 546 g/mol. The van der Waals surface area contributed by atoms with Crippen LogP contribution in [0.2, 0.25) is 0 Å². The quantitative estimate of drug-likeness (QED) is 0.253. The van der Waals surface area contributed by atoms with Crippen LogP contribution in [0.1, 0.15) is 27.8 Å². The number of rotatable bonds is 3. The van der Waals surface area contributed by atoms with Gasteiger partial charge in [0.05, 0.1) is 22.3 Å². The highest BCUT2D eigenvalue weighted by atomic mass is 19.4. The zero-order valence-electron chi connectivity index (χ0n) is 18.2. The Morgan fingerprint density at radius 2 is 0.973 bits per heavy atom. The van der Waals surface area contributed by atoms with Crippen LogP contribution in [0.5, 0.6) is 0 Å². The molecule has 0 aliphatic rings. The van der Waals surface area contributed by atoms with Crippen molar-refractivity contribution in [2.45, 2.75) is 31.6 Å². The number of hydrogen-bond donors (Lipinski definition) is 0. The largest absolute Gasteiger partial charge is 0.419 e. The van der Waals surface area contributed by atoms with E-state index < -0.39 is 75.9 Å². The molecule has 0 nitrogen and oxygen atoms in total. The lowest BCUT2D eigenvalue weighted by Crippen LogP contribution is -2.54. The number of aryl methyl sites for hydroxylation is 1. The topological polar surface area (TPSA) is 0 Å². The molecule has 0 bridgehead atoms. The van der Waals surface area contributed by atoms with Gasteiger partial charge in [0.25, 0.3) is 0 Å². The first-order valence-electron chi connectivity index (χ1n) is 10.0. The van der Waals surface area contributed by atoms with Gasteiger partial charge in [0.1, 0.15) is 5.82 Å². The van der Waals surface area contributed by atoms with Gasteiger partial charge in [-0.3, -0.25) is 0 Å². The number of alkyl halides is 12. The second-order valence-corrected chi connectivity index (χ2v) is 8.11. The predicted octanol–water partition coefficient (Wildman–Crippen LogP) is 6.73. The van der Waals surface area contributed by atoms with Gasteiger partial charge in [-0.25, -0.2) is 4.39 Å². The molecule has 3 rings (SSSR count). The molecule has 0 saturated carbocycles. The van der Waals surface area contributed by atoms with Crippen LogP contribution in [0.4, 0.5) is 57.1 Å². The lowest BCUT2D eigenvalue weighted by Gasteiger charge is -2.22. The molecule has 0 N–H and O–H groups in total. The third kappa shape index (κ3) is 6.21. The van der Waals surface area contributed by atoms with E-state index >= 15 is 4.39 Å². The van der Waals surface area contributed by atoms with Crippen molar-refractivity contribution in [1.82, 2.24) is 0 Å². The van der Waals surface area contributed by atoms with E-state index in [1.165, 1.54) is 0 Å². The highest BCUT2D eigenvalue weighted by Gasteiger charge is 2.41. The van der Waals surface area contributed by atoms with Gasteiger partial charge in [0.15, 0.2) is 0 Å². The molecule has 0 fully saturated rings. The molecule has 0 aliphatic carbocycles. The fourth-order valence-electron chi connectivity index (χ4n) is 3.83. The van der Waals surface area contributed by atoms with E-state index in [9.17, 15) is 52.7 Å². The van der Waals surface area contributed by atoms with Crippen LogP contribution in [0.3, 0.4) is 0 Å². The minimum absolute atomic E-state index is 0.134. The molecule has 3 aromatic rings. The average Bonchev–Trinajstić information content (AvgIpc) is 2.72. The first-order chi connectivity index (χ1) is 16.7. The first-order valence-corrected chi connectivity index (χ1v) is 10.0. The summed E-state index contributed by atoms with van der Waals surface area (Å²) in [4.78, 5) is 0. The summed E-state index contributed by atoms with van der Waals surface area (Å²) in [6, 6.07) is 3.44. The van der Waals surface area contributed by atoms with Crippen LogP contribution in [-0.2, 0) is 24.7 Å². The van der Waals surface area contributed by atoms with E-state index in [2.05, 4.69) is 0 Å². The van der Waals surface area contributed by atoms with Crippen molar-refractivity contribution in [3.63, 3.8) is 0 Å². The van der Waals surface area contributed by atoms with Crippen LogP contribution in [0.15, 0.2) is 54.6 Å². The SMILES string of the molecule is Cc1cc(B(c2cc(C(F)(F)F)cc(C(F)(F)F)c2)c2cccc(C(F)(F)F)c2F)cc(C(F)(F)F)c1. The molecule has 198 valence electrons. The summed E-state index contributed by atoms with van der Waals surface area (Å²) in [5.41, 5.74) is -9.97. The van der Waals surface area contributed by atoms with Gasteiger partial charge in [-0.05, 0) is 30.6 Å². The molecule has 0 amide bonds. The maximum absolute atomic E-state index is 15.1. The lowest BCUT2D eigenvalue weighted by atomic mass is 9.36. The fourth-order valence-corrected chi connectivity index (χ4v) is 3.83. The van der Waals surface area contributed by atoms with E-state index in [4.69, 9.17) is 0 Å². The van der Waals surface area contributed by atoms with E-state index in [0.29, 0.717) is 24.3 Å². The van der Waals surface area contributed by atoms with Crippen molar-refractivity contribution >= 4 is 23.1 Å². The van der Waals surface area contributed by atoms with Gasteiger partial charge in [-0.1, -0.05) is 52.9 Å². The maximum atomic E-state index is 15.1. The summed E-state index contributed by atoms with van der Waals surface area (Å²) in [6.45, 7) is -1.09. The van der Waals surface area contributed by atoms with Crippen molar-refractivity contribution < 1.29 is 57.1 Å². The minimum atomic E-state index is -5.38. The predicted molar refractivity (Wildman–Crippen MR) is 109 cm³/mol. The smallest absolute Gasteiger partial charge is 0.207 e. The van der Waals surface area contributed by atoms with Gasteiger partial charge in [-0.2, -0.15) is 52.7 Å². The summed E-state index contributed by atoms with van der Waals surface area (Å²) < 4.78 is 176. The molecule has 14 heteroatoms. The van der Waals surface area contributed by atoms with Crippen molar-refractivity contribution in [3.8, 4) is 0 Å². The molecule has 0 atom stereocenters. The number of benzene rings is 3. The van der Waals surface area contributed by atoms with Crippen LogP contribution < -0.4 is 16.4 Å². The zero-order chi connectivity index (χ0) is 28.1. The molecule has 0 aromatic heterocycles. The molecule has 0 spiro atoms. The Labute approximate surface area is 200 Å². The molecule has 3 aromatic carbocycles. The molecular formula is C23H12BF13. The molecule has 0 aliphatic heterocycles. The van der Waals surface area contributed by atoms with Crippen molar-refractivity contribution in [3.05, 3.63) is 88.2 Å². The summed E-state index contributed by atoms with van der Waals surface area (Å²) in [5.74, 6) is -2.05. The van der Waals surface area contributed by atoms with E-state index in [1.54, 1.807) is 0 Å². The Balaban J connectivity index is 2.46. The van der Waals surface area contributed by atoms with Gasteiger partial charge in [0, 0.05) is 0 Å². The molecule has 0 heterocycles.